The van der Waals surface area contributed by atoms with Crippen molar-refractivity contribution in [3.05, 3.63) is 71.0 Å². The van der Waals surface area contributed by atoms with E-state index in [1.54, 1.807) is 13.0 Å². The van der Waals surface area contributed by atoms with Gasteiger partial charge in [-0.3, -0.25) is 0 Å². The van der Waals surface area contributed by atoms with Crippen LogP contribution in [0.3, 0.4) is 0 Å². The molecule has 2 rings (SSSR count). The van der Waals surface area contributed by atoms with Gasteiger partial charge >= 0.3 is 0 Å². The van der Waals surface area contributed by atoms with Crippen LogP contribution in [0.15, 0.2) is 59.9 Å². The first kappa shape index (κ1) is 14.0. The van der Waals surface area contributed by atoms with Gasteiger partial charge in [0.25, 0.3) is 0 Å². The van der Waals surface area contributed by atoms with Crippen molar-refractivity contribution in [1.82, 2.24) is 0 Å². The highest BCUT2D eigenvalue weighted by atomic mass is 16.3. The molecule has 0 saturated heterocycles. The smallest absolute Gasteiger partial charge is 0.123 e. The summed E-state index contributed by atoms with van der Waals surface area (Å²) in [6.07, 6.45) is 0. The zero-order valence-electron chi connectivity index (χ0n) is 11.5. The van der Waals surface area contributed by atoms with Gasteiger partial charge in [-0.05, 0) is 31.1 Å². The molecule has 0 radical (unpaired) electrons. The number of aliphatic hydroxyl groups is 1. The molecular formula is C17H18O3. The number of aliphatic hydroxyl groups excluding tert-OH is 1. The molecule has 0 aliphatic carbocycles. The lowest BCUT2D eigenvalue weighted by molar-refractivity contribution is 0.402. The first-order valence-corrected chi connectivity index (χ1v) is 6.44. The minimum Gasteiger partial charge on any atom is -0.513 e. The maximum Gasteiger partial charge on any atom is 0.123 e. The molecule has 1 atom stereocenters. The number of benzene rings is 2. The average Bonchev–Trinajstić information content (AvgIpc) is 2.42. The highest BCUT2D eigenvalue weighted by molar-refractivity contribution is 5.49. The summed E-state index contributed by atoms with van der Waals surface area (Å²) in [4.78, 5) is 0. The van der Waals surface area contributed by atoms with Crippen molar-refractivity contribution in [3.8, 4) is 11.5 Å². The van der Waals surface area contributed by atoms with Crippen LogP contribution in [-0.4, -0.2) is 15.3 Å². The highest BCUT2D eigenvalue weighted by Crippen LogP contribution is 2.38. The van der Waals surface area contributed by atoms with E-state index in [0.717, 1.165) is 11.1 Å². The van der Waals surface area contributed by atoms with Crippen LogP contribution in [0.1, 0.15) is 30.9 Å². The van der Waals surface area contributed by atoms with E-state index in [2.05, 4.69) is 0 Å². The second-order valence-corrected chi connectivity index (χ2v) is 4.86. The van der Waals surface area contributed by atoms with E-state index in [4.69, 9.17) is 0 Å². The third-order valence-corrected chi connectivity index (χ3v) is 3.46. The molecule has 0 aliphatic rings. The SMILES string of the molecule is C/C(O)=C(\C)C(c1ccccc1)c1ccc(O)cc1O. The lowest BCUT2D eigenvalue weighted by Gasteiger charge is -2.21. The number of hydrogen-bond donors (Lipinski definition) is 3. The normalized spacial score (nSPS) is 13.7. The molecule has 3 nitrogen and oxygen atoms in total. The van der Waals surface area contributed by atoms with Crippen LogP contribution in [0.25, 0.3) is 0 Å². The standard InChI is InChI=1S/C17H18O3/c1-11(12(2)18)17(13-6-4-3-5-7-13)15-9-8-14(19)10-16(15)20/h3-10,17-20H,1-2H3/b12-11-. The van der Waals surface area contributed by atoms with E-state index in [0.29, 0.717) is 5.56 Å². The molecule has 0 fully saturated rings. The molecule has 3 N–H and O–H groups in total. The first-order valence-electron chi connectivity index (χ1n) is 6.44. The lowest BCUT2D eigenvalue weighted by atomic mass is 9.84. The molecule has 0 aliphatic heterocycles. The number of rotatable bonds is 3. The van der Waals surface area contributed by atoms with Crippen molar-refractivity contribution in [2.24, 2.45) is 0 Å². The van der Waals surface area contributed by atoms with Gasteiger partial charge in [0.2, 0.25) is 0 Å². The van der Waals surface area contributed by atoms with Gasteiger partial charge in [-0.1, -0.05) is 36.4 Å². The van der Waals surface area contributed by atoms with Gasteiger partial charge in [-0.25, -0.2) is 0 Å². The Hall–Kier alpha value is -2.42. The Kier molecular flexibility index (Phi) is 3.99. The fourth-order valence-corrected chi connectivity index (χ4v) is 2.29. The van der Waals surface area contributed by atoms with Crippen molar-refractivity contribution in [2.45, 2.75) is 19.8 Å². The van der Waals surface area contributed by atoms with Crippen molar-refractivity contribution in [3.63, 3.8) is 0 Å². The Morgan fingerprint density at radius 2 is 1.60 bits per heavy atom. The first-order chi connectivity index (χ1) is 9.50. The molecule has 104 valence electrons. The molecule has 0 saturated carbocycles. The van der Waals surface area contributed by atoms with Gasteiger partial charge in [-0.15, -0.1) is 0 Å². The second kappa shape index (κ2) is 5.70. The topological polar surface area (TPSA) is 60.7 Å². The van der Waals surface area contributed by atoms with Crippen molar-refractivity contribution in [2.75, 3.05) is 0 Å². The Balaban J connectivity index is 2.61. The lowest BCUT2D eigenvalue weighted by Crippen LogP contribution is -2.05. The fraction of sp³-hybridized carbons (Fsp3) is 0.176. The summed E-state index contributed by atoms with van der Waals surface area (Å²) in [6, 6.07) is 14.2. The van der Waals surface area contributed by atoms with Gasteiger partial charge in [0.05, 0.1) is 5.76 Å². The summed E-state index contributed by atoms with van der Waals surface area (Å²) in [7, 11) is 0. The third-order valence-electron chi connectivity index (χ3n) is 3.46. The van der Waals surface area contributed by atoms with E-state index in [1.807, 2.05) is 37.3 Å². The van der Waals surface area contributed by atoms with Crippen molar-refractivity contribution in [1.29, 1.82) is 0 Å². The molecule has 0 heterocycles. The molecule has 3 heteroatoms. The van der Waals surface area contributed by atoms with Crippen LogP contribution >= 0.6 is 0 Å². The Bertz CT molecular complexity index is 626. The summed E-state index contributed by atoms with van der Waals surface area (Å²) in [5, 5.41) is 29.3. The van der Waals surface area contributed by atoms with Crippen LogP contribution in [0.2, 0.25) is 0 Å². The fourth-order valence-electron chi connectivity index (χ4n) is 2.29. The van der Waals surface area contributed by atoms with Gasteiger partial charge in [0.15, 0.2) is 0 Å². The number of phenolic OH excluding ortho intramolecular Hbond substituents is 2. The minimum absolute atomic E-state index is 0.0134. The molecular weight excluding hydrogens is 252 g/mol. The Morgan fingerprint density at radius 3 is 2.15 bits per heavy atom. The summed E-state index contributed by atoms with van der Waals surface area (Å²) in [5.41, 5.74) is 2.39. The van der Waals surface area contributed by atoms with Crippen LogP contribution in [0.4, 0.5) is 0 Å². The molecule has 0 aromatic heterocycles. The predicted octanol–water partition coefficient (Wildman–Crippen LogP) is 4.08. The van der Waals surface area contributed by atoms with Gasteiger partial charge in [0, 0.05) is 17.5 Å². The second-order valence-electron chi connectivity index (χ2n) is 4.86. The van der Waals surface area contributed by atoms with Gasteiger partial charge in [-0.2, -0.15) is 0 Å². The maximum absolute atomic E-state index is 10.1. The van der Waals surface area contributed by atoms with Crippen LogP contribution < -0.4 is 0 Å². The molecule has 0 spiro atoms. The number of allylic oxidation sites excluding steroid dienone is 2. The minimum atomic E-state index is -0.248. The van der Waals surface area contributed by atoms with Crippen LogP contribution in [-0.2, 0) is 0 Å². The zero-order chi connectivity index (χ0) is 14.7. The van der Waals surface area contributed by atoms with E-state index < -0.39 is 0 Å². The van der Waals surface area contributed by atoms with E-state index in [9.17, 15) is 15.3 Å². The van der Waals surface area contributed by atoms with Crippen LogP contribution in [0.5, 0.6) is 11.5 Å². The largest absolute Gasteiger partial charge is 0.513 e. The molecule has 0 amide bonds. The molecule has 2 aromatic rings. The molecule has 2 aromatic carbocycles. The molecule has 0 bridgehead atoms. The van der Waals surface area contributed by atoms with Crippen LogP contribution in [0, 0.1) is 0 Å². The summed E-state index contributed by atoms with van der Waals surface area (Å²) >= 11 is 0. The number of hydrogen-bond acceptors (Lipinski definition) is 3. The molecule has 1 unspecified atom stereocenters. The summed E-state index contributed by atoms with van der Waals surface area (Å²) in [6.45, 7) is 3.46. The number of aromatic hydroxyl groups is 2. The summed E-state index contributed by atoms with van der Waals surface area (Å²) < 4.78 is 0. The highest BCUT2D eigenvalue weighted by Gasteiger charge is 2.21. The quantitative estimate of drug-likeness (QED) is 0.736. The predicted molar refractivity (Wildman–Crippen MR) is 79.1 cm³/mol. The third kappa shape index (κ3) is 2.77. The van der Waals surface area contributed by atoms with Gasteiger partial charge in [0.1, 0.15) is 11.5 Å². The molecule has 20 heavy (non-hydrogen) atoms. The van der Waals surface area contributed by atoms with E-state index >= 15 is 0 Å². The number of phenols is 2. The van der Waals surface area contributed by atoms with Crippen molar-refractivity contribution >= 4 is 0 Å². The Labute approximate surface area is 118 Å². The Morgan fingerprint density at radius 1 is 0.950 bits per heavy atom. The maximum atomic E-state index is 10.1. The van der Waals surface area contributed by atoms with Crippen molar-refractivity contribution < 1.29 is 15.3 Å². The average molecular weight is 270 g/mol. The summed E-state index contributed by atoms with van der Waals surface area (Å²) in [5.74, 6) is 0.00740. The zero-order valence-corrected chi connectivity index (χ0v) is 11.5. The van der Waals surface area contributed by atoms with E-state index in [-0.39, 0.29) is 23.2 Å². The monoisotopic (exact) mass is 270 g/mol. The van der Waals surface area contributed by atoms with E-state index in [1.165, 1.54) is 12.1 Å². The van der Waals surface area contributed by atoms with Gasteiger partial charge < -0.3 is 15.3 Å².